The topological polar surface area (TPSA) is 0 Å². The molecule has 0 aromatic heterocycles. The normalized spacial score (nSPS) is 34.8. The van der Waals surface area contributed by atoms with Crippen LogP contribution in [0.4, 0.5) is 8.78 Å². The van der Waals surface area contributed by atoms with Crippen LogP contribution >= 0.6 is 0 Å². The second kappa shape index (κ2) is 6.36. The van der Waals surface area contributed by atoms with Crippen molar-refractivity contribution in [2.75, 3.05) is 0 Å². The van der Waals surface area contributed by atoms with Gasteiger partial charge in [0.15, 0.2) is 0 Å². The highest BCUT2D eigenvalue weighted by atomic mass is 19.1. The van der Waals surface area contributed by atoms with E-state index in [1.807, 2.05) is 18.2 Å². The Morgan fingerprint density at radius 2 is 1.77 bits per heavy atom. The van der Waals surface area contributed by atoms with E-state index in [0.29, 0.717) is 0 Å². The summed E-state index contributed by atoms with van der Waals surface area (Å²) in [5, 5.41) is 0. The Labute approximate surface area is 131 Å². The Morgan fingerprint density at radius 3 is 2.36 bits per heavy atom. The van der Waals surface area contributed by atoms with Gasteiger partial charge in [-0.3, -0.25) is 0 Å². The van der Waals surface area contributed by atoms with Crippen molar-refractivity contribution in [2.24, 2.45) is 11.8 Å². The minimum atomic E-state index is -1.32. The van der Waals surface area contributed by atoms with Crippen molar-refractivity contribution < 1.29 is 8.78 Å². The molecule has 0 atom stereocenters. The summed E-state index contributed by atoms with van der Waals surface area (Å²) in [5.41, 5.74) is -0.438. The lowest BCUT2D eigenvalue weighted by Gasteiger charge is -2.36. The highest BCUT2D eigenvalue weighted by Gasteiger charge is 2.38. The van der Waals surface area contributed by atoms with Crippen LogP contribution in [-0.4, -0.2) is 5.67 Å². The first-order chi connectivity index (χ1) is 10.6. The molecule has 0 bridgehead atoms. The van der Waals surface area contributed by atoms with Crippen LogP contribution in [0.1, 0.15) is 50.5 Å². The zero-order chi connectivity index (χ0) is 15.6. The first-order valence-electron chi connectivity index (χ1n) is 8.44. The highest BCUT2D eigenvalue weighted by Crippen LogP contribution is 2.42. The van der Waals surface area contributed by atoms with E-state index in [9.17, 15) is 4.39 Å². The van der Waals surface area contributed by atoms with Crippen LogP contribution in [0.3, 0.4) is 0 Å². The van der Waals surface area contributed by atoms with Crippen LogP contribution in [0.25, 0.3) is 0 Å². The summed E-state index contributed by atoms with van der Waals surface area (Å²) in [6.45, 7) is 2.22. The molecule has 118 valence electrons. The van der Waals surface area contributed by atoms with E-state index in [1.165, 1.54) is 18.6 Å². The molecule has 0 N–H and O–H groups in total. The fraction of sp³-hybridized carbons (Fsp3) is 0.500. The number of halogens is 2. The molecule has 2 aliphatic carbocycles. The van der Waals surface area contributed by atoms with E-state index in [2.05, 4.69) is 6.92 Å². The molecule has 0 unspecified atom stereocenters. The van der Waals surface area contributed by atoms with E-state index in [4.69, 9.17) is 0 Å². The maximum atomic E-state index is 15.2. The molecule has 0 saturated heterocycles. The van der Waals surface area contributed by atoms with Gasteiger partial charge in [0.2, 0.25) is 0 Å². The minimum Gasteiger partial charge on any atom is -0.234 e. The van der Waals surface area contributed by atoms with Crippen LogP contribution in [0.5, 0.6) is 0 Å². The van der Waals surface area contributed by atoms with Gasteiger partial charge < -0.3 is 0 Å². The highest BCUT2D eigenvalue weighted by molar-refractivity contribution is 5.36. The molecule has 1 saturated carbocycles. The van der Waals surface area contributed by atoms with Crippen molar-refractivity contribution in [3.05, 3.63) is 60.0 Å². The molecule has 0 aliphatic heterocycles. The maximum Gasteiger partial charge on any atom is 0.150 e. The standard InChI is InChI=1S/C20H24F2/c1-2-15-6-8-18(9-7-15)20(22)12-10-16(11-13-20)17-4-3-5-19(21)14-17/h3-5,10-16,18H,2,6-9H2,1H3. The molecular formula is C20H24F2. The molecule has 22 heavy (non-hydrogen) atoms. The van der Waals surface area contributed by atoms with Crippen LogP contribution in [0.15, 0.2) is 48.6 Å². The van der Waals surface area contributed by atoms with Gasteiger partial charge >= 0.3 is 0 Å². The molecule has 0 spiro atoms. The van der Waals surface area contributed by atoms with Gasteiger partial charge in [-0.25, -0.2) is 8.78 Å². The summed E-state index contributed by atoms with van der Waals surface area (Å²) < 4.78 is 28.5. The number of alkyl halides is 1. The summed E-state index contributed by atoms with van der Waals surface area (Å²) in [4.78, 5) is 0. The van der Waals surface area contributed by atoms with Crippen LogP contribution in [-0.2, 0) is 0 Å². The smallest absolute Gasteiger partial charge is 0.150 e. The summed E-state index contributed by atoms with van der Waals surface area (Å²) in [5.74, 6) is 0.605. The monoisotopic (exact) mass is 302 g/mol. The first kappa shape index (κ1) is 15.5. The molecular weight excluding hydrogens is 278 g/mol. The van der Waals surface area contributed by atoms with Gasteiger partial charge in [0.25, 0.3) is 0 Å². The zero-order valence-electron chi connectivity index (χ0n) is 13.1. The number of hydrogen-bond donors (Lipinski definition) is 0. The predicted octanol–water partition coefficient (Wildman–Crippen LogP) is 5.96. The molecule has 0 radical (unpaired) electrons. The van der Waals surface area contributed by atoms with Crippen molar-refractivity contribution in [3.8, 4) is 0 Å². The average molecular weight is 302 g/mol. The largest absolute Gasteiger partial charge is 0.234 e. The zero-order valence-corrected chi connectivity index (χ0v) is 13.1. The lowest BCUT2D eigenvalue weighted by Crippen LogP contribution is -2.33. The van der Waals surface area contributed by atoms with Crippen molar-refractivity contribution in [1.29, 1.82) is 0 Å². The van der Waals surface area contributed by atoms with Gasteiger partial charge in [-0.05, 0) is 48.6 Å². The van der Waals surface area contributed by atoms with E-state index in [-0.39, 0.29) is 17.7 Å². The van der Waals surface area contributed by atoms with Crippen LogP contribution in [0, 0.1) is 17.7 Å². The fourth-order valence-corrected chi connectivity index (χ4v) is 3.84. The van der Waals surface area contributed by atoms with Crippen molar-refractivity contribution in [1.82, 2.24) is 0 Å². The lowest BCUT2D eigenvalue weighted by molar-refractivity contribution is 0.128. The summed E-state index contributed by atoms with van der Waals surface area (Å²) in [6.07, 6.45) is 12.6. The third-order valence-electron chi connectivity index (χ3n) is 5.40. The van der Waals surface area contributed by atoms with Gasteiger partial charge in [0, 0.05) is 11.8 Å². The Balaban J connectivity index is 1.69. The lowest BCUT2D eigenvalue weighted by atomic mass is 9.71. The Hall–Kier alpha value is -1.44. The third kappa shape index (κ3) is 3.16. The van der Waals surface area contributed by atoms with E-state index >= 15 is 4.39 Å². The Morgan fingerprint density at radius 1 is 1.09 bits per heavy atom. The Bertz CT molecular complexity index is 551. The second-order valence-electron chi connectivity index (χ2n) is 6.75. The molecule has 0 amide bonds. The van der Waals surface area contributed by atoms with Gasteiger partial charge in [-0.15, -0.1) is 0 Å². The van der Waals surface area contributed by atoms with Crippen molar-refractivity contribution >= 4 is 0 Å². The summed E-state index contributed by atoms with van der Waals surface area (Å²) in [6, 6.07) is 6.55. The van der Waals surface area contributed by atoms with E-state index < -0.39 is 5.67 Å². The van der Waals surface area contributed by atoms with Gasteiger partial charge in [0.05, 0.1) is 0 Å². The van der Waals surface area contributed by atoms with Gasteiger partial charge in [-0.2, -0.15) is 0 Å². The summed E-state index contributed by atoms with van der Waals surface area (Å²) in [7, 11) is 0. The molecule has 0 nitrogen and oxygen atoms in total. The summed E-state index contributed by atoms with van der Waals surface area (Å²) >= 11 is 0. The third-order valence-corrected chi connectivity index (χ3v) is 5.40. The van der Waals surface area contributed by atoms with Gasteiger partial charge in [0.1, 0.15) is 11.5 Å². The molecule has 0 heterocycles. The van der Waals surface area contributed by atoms with Crippen LogP contribution < -0.4 is 0 Å². The first-order valence-corrected chi connectivity index (χ1v) is 8.44. The quantitative estimate of drug-likeness (QED) is 0.604. The van der Waals surface area contributed by atoms with Crippen molar-refractivity contribution in [2.45, 2.75) is 50.6 Å². The van der Waals surface area contributed by atoms with Gasteiger partial charge in [-0.1, -0.05) is 50.5 Å². The van der Waals surface area contributed by atoms with E-state index in [1.54, 1.807) is 18.2 Å². The predicted molar refractivity (Wildman–Crippen MR) is 87.0 cm³/mol. The van der Waals surface area contributed by atoms with E-state index in [0.717, 1.165) is 37.2 Å². The number of allylic oxidation sites excluding steroid dienone is 4. The SMILES string of the molecule is CCC1CCC(C2(F)C=CC(c3cccc(F)c3)C=C2)CC1. The number of benzene rings is 1. The molecule has 1 fully saturated rings. The molecule has 1 aromatic rings. The molecule has 3 rings (SSSR count). The minimum absolute atomic E-state index is 0.0217. The fourth-order valence-electron chi connectivity index (χ4n) is 3.84. The molecule has 2 aliphatic rings. The average Bonchev–Trinajstić information content (AvgIpc) is 2.55. The number of rotatable bonds is 3. The molecule has 1 aromatic carbocycles. The maximum absolute atomic E-state index is 15.2. The second-order valence-corrected chi connectivity index (χ2v) is 6.75. The van der Waals surface area contributed by atoms with Crippen molar-refractivity contribution in [3.63, 3.8) is 0 Å². The molecule has 2 heteroatoms. The Kier molecular flexibility index (Phi) is 4.46. The number of hydrogen-bond acceptors (Lipinski definition) is 0. The van der Waals surface area contributed by atoms with Crippen LogP contribution in [0.2, 0.25) is 0 Å².